The molecule has 0 aliphatic carbocycles. The molecular weight excluding hydrogens is 288 g/mol. The lowest BCUT2D eigenvalue weighted by Crippen LogP contribution is -2.47. The molecule has 1 aromatic rings. The maximum atomic E-state index is 11.1. The van der Waals surface area contributed by atoms with Gasteiger partial charge in [-0.05, 0) is 31.0 Å². The molecule has 0 N–H and O–H groups in total. The number of anilines is 1. The number of nitrogens with zero attached hydrogens (tertiary/aromatic N) is 2. The van der Waals surface area contributed by atoms with E-state index in [4.69, 9.17) is 4.74 Å². The number of benzene rings is 1. The third-order valence-electron chi connectivity index (χ3n) is 4.38. The highest BCUT2D eigenvalue weighted by molar-refractivity contribution is 5.59. The number of aldehydes is 1. The minimum atomic E-state index is -0.295. The van der Waals surface area contributed by atoms with Crippen LogP contribution in [0.3, 0.4) is 0 Å². The summed E-state index contributed by atoms with van der Waals surface area (Å²) in [5, 5.41) is 0. The van der Waals surface area contributed by atoms with E-state index in [2.05, 4.69) is 34.1 Å². The lowest BCUT2D eigenvalue weighted by Gasteiger charge is -2.36. The van der Waals surface area contributed by atoms with Crippen molar-refractivity contribution in [3.63, 3.8) is 0 Å². The van der Waals surface area contributed by atoms with Crippen molar-refractivity contribution in [2.45, 2.75) is 27.2 Å². The molecule has 0 atom stereocenters. The minimum Gasteiger partial charge on any atom is -0.380 e. The summed E-state index contributed by atoms with van der Waals surface area (Å²) < 4.78 is 5.44. The van der Waals surface area contributed by atoms with Crippen LogP contribution in [-0.2, 0) is 16.0 Å². The summed E-state index contributed by atoms with van der Waals surface area (Å²) in [5.74, 6) is 0. The lowest BCUT2D eigenvalue weighted by molar-refractivity contribution is -0.114. The first-order valence-electron chi connectivity index (χ1n) is 8.64. The second-order valence-corrected chi connectivity index (χ2v) is 6.98. The fourth-order valence-electron chi connectivity index (χ4n) is 3.00. The van der Waals surface area contributed by atoms with E-state index in [1.54, 1.807) is 0 Å². The highest BCUT2D eigenvalue weighted by Gasteiger charge is 2.19. The Bertz CT molecular complexity index is 494. The molecule has 0 spiro atoms. The van der Waals surface area contributed by atoms with Crippen molar-refractivity contribution < 1.29 is 9.53 Å². The normalized spacial score (nSPS) is 16.6. The summed E-state index contributed by atoms with van der Waals surface area (Å²) in [5.41, 5.74) is 2.21. The van der Waals surface area contributed by atoms with Gasteiger partial charge >= 0.3 is 0 Å². The van der Waals surface area contributed by atoms with Gasteiger partial charge in [-0.3, -0.25) is 4.90 Å². The maximum absolute atomic E-state index is 11.1. The first-order chi connectivity index (χ1) is 11.0. The van der Waals surface area contributed by atoms with E-state index < -0.39 is 0 Å². The first kappa shape index (κ1) is 18.0. The smallest absolute Gasteiger partial charge is 0.125 e. The molecule has 2 rings (SSSR count). The summed E-state index contributed by atoms with van der Waals surface area (Å²) in [6, 6.07) is 8.63. The van der Waals surface area contributed by atoms with E-state index in [0.29, 0.717) is 0 Å². The van der Waals surface area contributed by atoms with Crippen molar-refractivity contribution in [2.24, 2.45) is 5.41 Å². The monoisotopic (exact) mass is 318 g/mol. The third kappa shape index (κ3) is 5.63. The molecule has 4 heteroatoms. The lowest BCUT2D eigenvalue weighted by atomic mass is 9.87. The second-order valence-electron chi connectivity index (χ2n) is 6.98. The molecule has 0 saturated carbocycles. The topological polar surface area (TPSA) is 32.8 Å². The molecule has 0 unspecified atom stereocenters. The molecule has 128 valence electrons. The molecule has 0 amide bonds. The van der Waals surface area contributed by atoms with Crippen LogP contribution in [0.1, 0.15) is 26.3 Å². The van der Waals surface area contributed by atoms with Gasteiger partial charge in [-0.25, -0.2) is 0 Å². The van der Waals surface area contributed by atoms with Crippen molar-refractivity contribution in [1.29, 1.82) is 0 Å². The van der Waals surface area contributed by atoms with Gasteiger partial charge in [0.15, 0.2) is 0 Å². The Labute approximate surface area is 140 Å². The maximum Gasteiger partial charge on any atom is 0.125 e. The predicted molar refractivity (Wildman–Crippen MR) is 95.1 cm³/mol. The summed E-state index contributed by atoms with van der Waals surface area (Å²) >= 11 is 0. The van der Waals surface area contributed by atoms with Crippen LogP contribution in [0.25, 0.3) is 0 Å². The first-order valence-corrected chi connectivity index (χ1v) is 8.64. The van der Waals surface area contributed by atoms with E-state index in [9.17, 15) is 4.79 Å². The second kappa shape index (κ2) is 8.46. The van der Waals surface area contributed by atoms with Crippen molar-refractivity contribution in [3.05, 3.63) is 29.8 Å². The molecule has 0 bridgehead atoms. The van der Waals surface area contributed by atoms with Gasteiger partial charge in [0.05, 0.1) is 6.61 Å². The number of carbonyl (C=O) groups excluding carboxylic acids is 1. The van der Waals surface area contributed by atoms with E-state index in [-0.39, 0.29) is 5.41 Å². The molecule has 1 heterocycles. The summed E-state index contributed by atoms with van der Waals surface area (Å²) in [7, 11) is 0. The van der Waals surface area contributed by atoms with Crippen molar-refractivity contribution in [1.82, 2.24) is 4.90 Å². The molecule has 0 radical (unpaired) electrons. The van der Waals surface area contributed by atoms with Crippen molar-refractivity contribution in [2.75, 3.05) is 50.8 Å². The predicted octanol–water partition coefficient (Wildman–Crippen LogP) is 2.61. The molecule has 0 aromatic heterocycles. The van der Waals surface area contributed by atoms with Gasteiger partial charge < -0.3 is 14.4 Å². The molecule has 4 nitrogen and oxygen atoms in total. The van der Waals surface area contributed by atoms with Gasteiger partial charge in [-0.2, -0.15) is 0 Å². The van der Waals surface area contributed by atoms with E-state index in [0.717, 1.165) is 58.6 Å². The van der Waals surface area contributed by atoms with Gasteiger partial charge in [0.2, 0.25) is 0 Å². The van der Waals surface area contributed by atoms with Gasteiger partial charge in [-0.1, -0.05) is 26.0 Å². The Morgan fingerprint density at radius 1 is 1.22 bits per heavy atom. The summed E-state index contributed by atoms with van der Waals surface area (Å²) in [4.78, 5) is 16.0. The number of rotatable bonds is 8. The Balaban J connectivity index is 1.89. The van der Waals surface area contributed by atoms with Gasteiger partial charge in [0.25, 0.3) is 0 Å². The molecule has 23 heavy (non-hydrogen) atoms. The molecular formula is C19H30N2O2. The van der Waals surface area contributed by atoms with Crippen LogP contribution in [-0.4, -0.2) is 57.1 Å². The number of ether oxygens (including phenoxy) is 1. The Hall–Kier alpha value is -1.39. The standard InChI is InChI=1S/C19H30N2O2/c1-4-23-13-12-20-8-10-21(11-9-20)18-7-5-6-17(14-18)15-19(2,3)16-22/h5-7,14,16H,4,8-13,15H2,1-3H3. The Morgan fingerprint density at radius 2 is 1.96 bits per heavy atom. The highest BCUT2D eigenvalue weighted by Crippen LogP contribution is 2.23. The van der Waals surface area contributed by atoms with Gasteiger partial charge in [0, 0.05) is 50.4 Å². The van der Waals surface area contributed by atoms with Crippen LogP contribution in [0, 0.1) is 5.41 Å². The zero-order valence-electron chi connectivity index (χ0n) is 14.8. The Kier molecular flexibility index (Phi) is 6.60. The molecule has 1 saturated heterocycles. The van der Waals surface area contributed by atoms with Crippen LogP contribution < -0.4 is 4.90 Å². The molecule has 1 aromatic carbocycles. The SMILES string of the molecule is CCOCCN1CCN(c2cccc(CC(C)(C)C=O)c2)CC1. The van der Waals surface area contributed by atoms with Crippen LogP contribution in [0.4, 0.5) is 5.69 Å². The number of carbonyl (C=O) groups is 1. The molecule has 1 aliphatic rings. The van der Waals surface area contributed by atoms with Crippen LogP contribution in [0.15, 0.2) is 24.3 Å². The molecule has 1 fully saturated rings. The minimum absolute atomic E-state index is 0.295. The largest absolute Gasteiger partial charge is 0.380 e. The number of hydrogen-bond acceptors (Lipinski definition) is 4. The number of piperazine rings is 1. The van der Waals surface area contributed by atoms with Crippen LogP contribution >= 0.6 is 0 Å². The fraction of sp³-hybridized carbons (Fsp3) is 0.632. The van der Waals surface area contributed by atoms with Crippen molar-refractivity contribution in [3.8, 4) is 0 Å². The van der Waals surface area contributed by atoms with E-state index in [1.165, 1.54) is 11.3 Å². The highest BCUT2D eigenvalue weighted by atomic mass is 16.5. The average Bonchev–Trinajstić information content (AvgIpc) is 2.56. The Morgan fingerprint density at radius 3 is 2.61 bits per heavy atom. The molecule has 1 aliphatic heterocycles. The summed E-state index contributed by atoms with van der Waals surface area (Å²) in [6.45, 7) is 12.9. The average molecular weight is 318 g/mol. The zero-order valence-corrected chi connectivity index (χ0v) is 14.8. The van der Waals surface area contributed by atoms with Crippen LogP contribution in [0.2, 0.25) is 0 Å². The number of hydrogen-bond donors (Lipinski definition) is 0. The third-order valence-corrected chi connectivity index (χ3v) is 4.38. The van der Waals surface area contributed by atoms with Gasteiger partial charge in [-0.15, -0.1) is 0 Å². The van der Waals surface area contributed by atoms with Crippen molar-refractivity contribution >= 4 is 12.0 Å². The van der Waals surface area contributed by atoms with Gasteiger partial charge in [0.1, 0.15) is 6.29 Å². The quantitative estimate of drug-likeness (QED) is 0.545. The fourth-order valence-corrected chi connectivity index (χ4v) is 3.00. The van der Waals surface area contributed by atoms with E-state index in [1.807, 2.05) is 20.8 Å². The van der Waals surface area contributed by atoms with Crippen LogP contribution in [0.5, 0.6) is 0 Å². The zero-order chi connectivity index (χ0) is 16.7. The summed E-state index contributed by atoms with van der Waals surface area (Å²) in [6.07, 6.45) is 1.84. The van der Waals surface area contributed by atoms with E-state index >= 15 is 0 Å².